The van der Waals surface area contributed by atoms with Crippen LogP contribution in [0.4, 0.5) is 0 Å². The molecule has 72 valence electrons. The van der Waals surface area contributed by atoms with Crippen LogP contribution >= 0.6 is 0 Å². The Morgan fingerprint density at radius 3 is 2.08 bits per heavy atom. The van der Waals surface area contributed by atoms with E-state index in [0.717, 1.165) is 0 Å². The topological polar surface area (TPSA) is 124 Å². The van der Waals surface area contributed by atoms with Crippen molar-refractivity contribution in [1.29, 1.82) is 0 Å². The summed E-state index contributed by atoms with van der Waals surface area (Å²) < 4.78 is 0. The van der Waals surface area contributed by atoms with Gasteiger partial charge in [-0.1, -0.05) is 0 Å². The second-order valence-corrected chi connectivity index (χ2v) is 2.39. The summed E-state index contributed by atoms with van der Waals surface area (Å²) in [7, 11) is 0. The van der Waals surface area contributed by atoms with Gasteiger partial charge in [-0.3, -0.25) is 4.79 Å². The molecule has 0 rings (SSSR count). The molecule has 12 heavy (non-hydrogen) atoms. The van der Waals surface area contributed by atoms with E-state index in [0.29, 0.717) is 0 Å². The number of hydrogen-bond donors (Lipinski definition) is 5. The molecule has 0 unspecified atom stereocenters. The lowest BCUT2D eigenvalue weighted by Crippen LogP contribution is -2.47. The lowest BCUT2D eigenvalue weighted by Gasteiger charge is -2.16. The van der Waals surface area contributed by atoms with E-state index in [1.54, 1.807) is 0 Å². The van der Waals surface area contributed by atoms with Crippen molar-refractivity contribution in [2.24, 2.45) is 5.73 Å². The first-order chi connectivity index (χ1) is 5.54. The maximum absolute atomic E-state index is 10.9. The highest BCUT2D eigenvalue weighted by Crippen LogP contribution is 1.96. The Bertz CT molecular complexity index is 151. The Kier molecular flexibility index (Phi) is 4.95. The van der Waals surface area contributed by atoms with Crippen LogP contribution in [0.25, 0.3) is 0 Å². The average molecular weight is 179 g/mol. The first kappa shape index (κ1) is 11.5. The molecule has 6 nitrogen and oxygen atoms in total. The summed E-state index contributed by atoms with van der Waals surface area (Å²) in [5, 5.41) is 34.5. The minimum atomic E-state index is -1.74. The highest BCUT2D eigenvalue weighted by atomic mass is 16.4. The first-order valence-electron chi connectivity index (χ1n) is 3.41. The molecule has 0 aromatic rings. The third-order valence-corrected chi connectivity index (χ3v) is 1.41. The van der Waals surface area contributed by atoms with Crippen LogP contribution in [-0.2, 0) is 4.79 Å². The van der Waals surface area contributed by atoms with E-state index in [2.05, 4.69) is 0 Å². The van der Waals surface area contributed by atoms with Gasteiger partial charge in [-0.25, -0.2) is 0 Å². The minimum absolute atomic E-state index is 0.603. The molecule has 0 aromatic heterocycles. The van der Waals surface area contributed by atoms with Crippen LogP contribution in [0, 0.1) is 0 Å². The van der Waals surface area contributed by atoms with Gasteiger partial charge in [0.25, 0.3) is 0 Å². The first-order valence-corrected chi connectivity index (χ1v) is 3.41. The molecule has 3 atom stereocenters. The Morgan fingerprint density at radius 2 is 1.75 bits per heavy atom. The van der Waals surface area contributed by atoms with Gasteiger partial charge in [-0.15, -0.1) is 0 Å². The number of rotatable bonds is 5. The number of hydrogen-bond acceptors (Lipinski definition) is 6. The van der Waals surface area contributed by atoms with Crippen molar-refractivity contribution in [2.75, 3.05) is 13.2 Å². The maximum Gasteiger partial charge on any atom is 0.182 e. The van der Waals surface area contributed by atoms with Gasteiger partial charge in [0.2, 0.25) is 0 Å². The third-order valence-electron chi connectivity index (χ3n) is 1.41. The van der Waals surface area contributed by atoms with Gasteiger partial charge in [-0.05, 0) is 0 Å². The van der Waals surface area contributed by atoms with Crippen molar-refractivity contribution in [3.63, 3.8) is 0 Å². The summed E-state index contributed by atoms with van der Waals surface area (Å²) >= 11 is 0. The largest absolute Gasteiger partial charge is 0.394 e. The smallest absolute Gasteiger partial charge is 0.182 e. The van der Waals surface area contributed by atoms with E-state index in [1.165, 1.54) is 0 Å². The molecule has 0 aromatic carbocycles. The van der Waals surface area contributed by atoms with E-state index in [1.807, 2.05) is 0 Å². The molecule has 0 radical (unpaired) electrons. The van der Waals surface area contributed by atoms with Crippen LogP contribution in [0.2, 0.25) is 0 Å². The molecule has 6 N–H and O–H groups in total. The van der Waals surface area contributed by atoms with Crippen molar-refractivity contribution in [2.45, 2.75) is 18.2 Å². The molecule has 0 fully saturated rings. The predicted molar refractivity (Wildman–Crippen MR) is 39.2 cm³/mol. The number of carbonyl (C=O) groups is 1. The highest BCUT2D eigenvalue weighted by molar-refractivity contribution is 5.88. The van der Waals surface area contributed by atoms with Gasteiger partial charge in [0.15, 0.2) is 5.78 Å². The number of aliphatic hydroxyl groups excluding tert-OH is 4. The van der Waals surface area contributed by atoms with Crippen molar-refractivity contribution in [3.8, 4) is 0 Å². The molecule has 0 saturated carbocycles. The Morgan fingerprint density at radius 1 is 1.25 bits per heavy atom. The van der Waals surface area contributed by atoms with Crippen LogP contribution in [-0.4, -0.2) is 57.7 Å². The number of aliphatic hydroxyl groups is 4. The van der Waals surface area contributed by atoms with E-state index in [9.17, 15) is 4.79 Å². The van der Waals surface area contributed by atoms with Crippen LogP contribution in [0.3, 0.4) is 0 Å². The summed E-state index contributed by atoms with van der Waals surface area (Å²) in [6, 6.07) is -1.22. The molecule has 0 aliphatic carbocycles. The lowest BCUT2D eigenvalue weighted by atomic mass is 10.0. The van der Waals surface area contributed by atoms with Gasteiger partial charge >= 0.3 is 0 Å². The number of Topliss-reactive ketones (excluding diaryl/α,β-unsaturated/α-hetero) is 1. The molecule has 0 aliphatic rings. The molecular weight excluding hydrogens is 166 g/mol. The number of carbonyl (C=O) groups excluding carboxylic acids is 1. The number of nitrogens with two attached hydrogens (primary N) is 1. The quantitative estimate of drug-likeness (QED) is 0.299. The molecule has 0 heterocycles. The Hall–Kier alpha value is -0.530. The predicted octanol–water partition coefficient (Wildman–Crippen LogP) is -3.41. The van der Waals surface area contributed by atoms with E-state index < -0.39 is 37.2 Å². The van der Waals surface area contributed by atoms with Crippen molar-refractivity contribution in [1.82, 2.24) is 0 Å². The fraction of sp³-hybridized carbons (Fsp3) is 0.833. The molecule has 0 aliphatic heterocycles. The fourth-order valence-corrected chi connectivity index (χ4v) is 0.599. The van der Waals surface area contributed by atoms with Gasteiger partial charge in [0, 0.05) is 0 Å². The monoisotopic (exact) mass is 179 g/mol. The normalized spacial score (nSPS) is 18.4. The van der Waals surface area contributed by atoms with Crippen LogP contribution in [0.1, 0.15) is 0 Å². The molecule has 0 amide bonds. The second kappa shape index (κ2) is 5.18. The van der Waals surface area contributed by atoms with Crippen molar-refractivity contribution >= 4 is 5.78 Å². The standard InChI is InChI=1S/C6H13NO5/c7-3(1-8)5(11)6(12)4(10)2-9/h3-4,6,8-10,12H,1-2,7H2/t3-,4+,6+/m1/s1. The van der Waals surface area contributed by atoms with Gasteiger partial charge in [0.1, 0.15) is 12.2 Å². The summed E-state index contributed by atoms with van der Waals surface area (Å²) in [4.78, 5) is 10.9. The highest BCUT2D eigenvalue weighted by Gasteiger charge is 2.27. The summed E-state index contributed by atoms with van der Waals surface area (Å²) in [5.74, 6) is -0.890. The fourth-order valence-electron chi connectivity index (χ4n) is 0.599. The minimum Gasteiger partial charge on any atom is -0.394 e. The average Bonchev–Trinajstić information content (AvgIpc) is 2.12. The molecular formula is C6H13NO5. The van der Waals surface area contributed by atoms with Gasteiger partial charge in [0.05, 0.1) is 19.3 Å². The van der Waals surface area contributed by atoms with Gasteiger partial charge < -0.3 is 26.2 Å². The summed E-state index contributed by atoms with van der Waals surface area (Å²) in [6.45, 7) is -1.33. The zero-order chi connectivity index (χ0) is 9.72. The third kappa shape index (κ3) is 2.84. The van der Waals surface area contributed by atoms with E-state index >= 15 is 0 Å². The Balaban J connectivity index is 4.09. The van der Waals surface area contributed by atoms with Gasteiger partial charge in [-0.2, -0.15) is 0 Å². The van der Waals surface area contributed by atoms with Crippen molar-refractivity contribution in [3.05, 3.63) is 0 Å². The zero-order valence-electron chi connectivity index (χ0n) is 6.42. The molecule has 0 bridgehead atoms. The summed E-state index contributed by atoms with van der Waals surface area (Å²) in [6.07, 6.45) is -3.28. The van der Waals surface area contributed by atoms with Crippen LogP contribution in [0.15, 0.2) is 0 Å². The summed E-state index contributed by atoms with van der Waals surface area (Å²) in [5.41, 5.74) is 5.06. The van der Waals surface area contributed by atoms with Crippen LogP contribution in [0.5, 0.6) is 0 Å². The molecule has 0 saturated heterocycles. The van der Waals surface area contributed by atoms with Crippen molar-refractivity contribution < 1.29 is 25.2 Å². The zero-order valence-corrected chi connectivity index (χ0v) is 6.42. The molecule has 0 spiro atoms. The van der Waals surface area contributed by atoms with E-state index in [4.69, 9.17) is 26.2 Å². The SMILES string of the molecule is N[C@H](CO)C(=O)[C@@H](O)[C@@H](O)CO. The lowest BCUT2D eigenvalue weighted by molar-refractivity contribution is -0.136. The Labute approximate surface area is 69.2 Å². The number of ketones is 1. The molecule has 6 heteroatoms. The second-order valence-electron chi connectivity index (χ2n) is 2.39. The van der Waals surface area contributed by atoms with E-state index in [-0.39, 0.29) is 0 Å². The van der Waals surface area contributed by atoms with Crippen LogP contribution < -0.4 is 5.73 Å². The maximum atomic E-state index is 10.9.